The Morgan fingerprint density at radius 1 is 1.27 bits per heavy atom. The van der Waals surface area contributed by atoms with Crippen LogP contribution in [0, 0.1) is 0 Å². The van der Waals surface area contributed by atoms with Gasteiger partial charge < -0.3 is 9.42 Å². The summed E-state index contributed by atoms with van der Waals surface area (Å²) in [6.45, 7) is 1.85. The average molecular weight is 342 g/mol. The molecule has 0 atom stereocenters. The number of nitrogens with zero attached hydrogens (tertiary/aromatic N) is 3. The molecule has 0 N–H and O–H groups in total. The van der Waals surface area contributed by atoms with Crippen LogP contribution in [0.5, 0.6) is 0 Å². The molecule has 2 aromatic rings. The van der Waals surface area contributed by atoms with E-state index in [-0.39, 0.29) is 11.5 Å². The fourth-order valence-electron chi connectivity index (χ4n) is 2.33. The van der Waals surface area contributed by atoms with E-state index in [0.717, 1.165) is 5.56 Å². The third kappa shape index (κ3) is 3.85. The summed E-state index contributed by atoms with van der Waals surface area (Å²) in [5, 5.41) is 4.58. The summed E-state index contributed by atoms with van der Waals surface area (Å²) in [7, 11) is -2.84. The number of hydrogen-bond acceptors (Lipinski definition) is 6. The van der Waals surface area contributed by atoms with Crippen molar-refractivity contribution in [1.29, 1.82) is 0 Å². The maximum atomic E-state index is 11.4. The van der Waals surface area contributed by atoms with Gasteiger partial charge in [-0.2, -0.15) is 4.98 Å². The molecule has 118 valence electrons. The molecular weight excluding hydrogens is 326 g/mol. The molecule has 1 aromatic heterocycles. The minimum atomic E-state index is -2.84. The zero-order valence-electron chi connectivity index (χ0n) is 11.9. The lowest BCUT2D eigenvalue weighted by Crippen LogP contribution is -2.41. The van der Waals surface area contributed by atoms with E-state index in [4.69, 9.17) is 16.1 Å². The van der Waals surface area contributed by atoms with Gasteiger partial charge in [0, 0.05) is 36.6 Å². The van der Waals surface area contributed by atoms with Gasteiger partial charge in [-0.1, -0.05) is 28.9 Å². The van der Waals surface area contributed by atoms with E-state index >= 15 is 0 Å². The largest absolute Gasteiger partial charge is 0.339 e. The molecule has 2 heterocycles. The van der Waals surface area contributed by atoms with Crippen LogP contribution in [0.1, 0.15) is 5.89 Å². The van der Waals surface area contributed by atoms with Gasteiger partial charge in [-0.3, -0.25) is 0 Å². The Hall–Kier alpha value is -1.44. The van der Waals surface area contributed by atoms with Crippen molar-refractivity contribution in [3.63, 3.8) is 0 Å². The van der Waals surface area contributed by atoms with Gasteiger partial charge in [0.1, 0.15) is 0 Å². The molecular formula is C14H16ClN3O3S. The summed E-state index contributed by atoms with van der Waals surface area (Å²) in [5.74, 6) is 1.51. The Morgan fingerprint density at radius 2 is 2.05 bits per heavy atom. The first-order valence-electron chi connectivity index (χ1n) is 7.03. The standard InChI is InChI=1S/C14H16ClN3O3S/c15-12-3-1-2-11(10-12)14-16-13(21-17-14)4-5-18-6-8-22(19,20)9-7-18/h1-3,10H,4-9H2. The van der Waals surface area contributed by atoms with Crippen LogP contribution in [-0.2, 0) is 16.3 Å². The number of aromatic nitrogens is 2. The highest BCUT2D eigenvalue weighted by molar-refractivity contribution is 7.91. The normalized spacial score (nSPS) is 18.4. The number of benzene rings is 1. The van der Waals surface area contributed by atoms with Gasteiger partial charge in [0.2, 0.25) is 11.7 Å². The predicted molar refractivity (Wildman–Crippen MR) is 83.5 cm³/mol. The van der Waals surface area contributed by atoms with Crippen LogP contribution in [0.15, 0.2) is 28.8 Å². The highest BCUT2D eigenvalue weighted by Gasteiger charge is 2.21. The fraction of sp³-hybridized carbons (Fsp3) is 0.429. The van der Waals surface area contributed by atoms with Crippen LogP contribution in [0.2, 0.25) is 5.02 Å². The monoisotopic (exact) mass is 341 g/mol. The van der Waals surface area contributed by atoms with Crippen molar-refractivity contribution in [3.05, 3.63) is 35.2 Å². The van der Waals surface area contributed by atoms with Gasteiger partial charge in [-0.25, -0.2) is 8.42 Å². The smallest absolute Gasteiger partial charge is 0.228 e. The first-order valence-corrected chi connectivity index (χ1v) is 9.23. The van der Waals surface area contributed by atoms with Crippen molar-refractivity contribution in [2.24, 2.45) is 0 Å². The molecule has 3 rings (SSSR count). The minimum absolute atomic E-state index is 0.227. The SMILES string of the molecule is O=S1(=O)CCN(CCc2nc(-c3cccc(Cl)c3)no2)CC1. The van der Waals surface area contributed by atoms with Crippen molar-refractivity contribution in [2.75, 3.05) is 31.1 Å². The molecule has 6 nitrogen and oxygen atoms in total. The molecule has 0 spiro atoms. The molecule has 0 saturated carbocycles. The molecule has 22 heavy (non-hydrogen) atoms. The second-order valence-electron chi connectivity index (χ2n) is 5.27. The lowest BCUT2D eigenvalue weighted by Gasteiger charge is -2.25. The molecule has 0 aliphatic carbocycles. The van der Waals surface area contributed by atoms with Crippen molar-refractivity contribution in [3.8, 4) is 11.4 Å². The van der Waals surface area contributed by atoms with Crippen LogP contribution in [0.25, 0.3) is 11.4 Å². The third-order valence-electron chi connectivity index (χ3n) is 3.63. The Kier molecular flexibility index (Phi) is 4.46. The van der Waals surface area contributed by atoms with E-state index in [1.54, 1.807) is 12.1 Å². The van der Waals surface area contributed by atoms with E-state index in [1.807, 2.05) is 12.1 Å². The average Bonchev–Trinajstić information content (AvgIpc) is 2.95. The molecule has 0 unspecified atom stereocenters. The topological polar surface area (TPSA) is 76.3 Å². The lowest BCUT2D eigenvalue weighted by molar-refractivity contribution is 0.281. The highest BCUT2D eigenvalue weighted by atomic mass is 35.5. The van der Waals surface area contributed by atoms with Crippen molar-refractivity contribution < 1.29 is 12.9 Å². The molecule has 1 fully saturated rings. The zero-order chi connectivity index (χ0) is 15.6. The number of halogens is 1. The maximum absolute atomic E-state index is 11.4. The first kappa shape index (κ1) is 15.5. The number of rotatable bonds is 4. The summed E-state index contributed by atoms with van der Waals surface area (Å²) in [5.41, 5.74) is 0.812. The first-order chi connectivity index (χ1) is 10.5. The quantitative estimate of drug-likeness (QED) is 0.841. The van der Waals surface area contributed by atoms with E-state index in [0.29, 0.717) is 42.8 Å². The van der Waals surface area contributed by atoms with Gasteiger partial charge in [-0.05, 0) is 12.1 Å². The van der Waals surface area contributed by atoms with Crippen LogP contribution >= 0.6 is 11.6 Å². The van der Waals surface area contributed by atoms with E-state index in [2.05, 4.69) is 15.0 Å². The molecule has 0 amide bonds. The Balaban J connectivity index is 1.58. The fourth-order valence-corrected chi connectivity index (χ4v) is 3.80. The summed E-state index contributed by atoms with van der Waals surface area (Å²) >= 11 is 5.95. The molecule has 1 aliphatic rings. The van der Waals surface area contributed by atoms with Crippen molar-refractivity contribution in [1.82, 2.24) is 15.0 Å². The molecule has 1 aromatic carbocycles. The van der Waals surface area contributed by atoms with Crippen LogP contribution in [-0.4, -0.2) is 54.6 Å². The van der Waals surface area contributed by atoms with Gasteiger partial charge in [0.25, 0.3) is 0 Å². The van der Waals surface area contributed by atoms with Gasteiger partial charge in [0.05, 0.1) is 11.5 Å². The maximum Gasteiger partial charge on any atom is 0.228 e. The van der Waals surface area contributed by atoms with E-state index < -0.39 is 9.84 Å². The summed E-state index contributed by atoms with van der Waals surface area (Å²) in [4.78, 5) is 6.45. The molecule has 1 aliphatic heterocycles. The summed E-state index contributed by atoms with van der Waals surface area (Å²) in [6.07, 6.45) is 0.605. The second kappa shape index (κ2) is 6.36. The molecule has 0 radical (unpaired) electrons. The Morgan fingerprint density at radius 3 is 2.77 bits per heavy atom. The summed E-state index contributed by atoms with van der Waals surface area (Å²) < 4.78 is 28.0. The predicted octanol–water partition coefficient (Wildman–Crippen LogP) is 1.66. The molecule has 0 bridgehead atoms. The number of sulfone groups is 1. The van der Waals surface area contributed by atoms with Crippen LogP contribution in [0.3, 0.4) is 0 Å². The van der Waals surface area contributed by atoms with Gasteiger partial charge in [0.15, 0.2) is 9.84 Å². The minimum Gasteiger partial charge on any atom is -0.339 e. The Bertz CT molecular complexity index is 746. The third-order valence-corrected chi connectivity index (χ3v) is 5.47. The highest BCUT2D eigenvalue weighted by Crippen LogP contribution is 2.20. The Labute approximate surface area is 134 Å². The van der Waals surface area contributed by atoms with Crippen LogP contribution in [0.4, 0.5) is 0 Å². The molecule has 8 heteroatoms. The van der Waals surface area contributed by atoms with E-state index in [9.17, 15) is 8.42 Å². The molecule has 1 saturated heterocycles. The van der Waals surface area contributed by atoms with Crippen LogP contribution < -0.4 is 0 Å². The van der Waals surface area contributed by atoms with Crippen molar-refractivity contribution >= 4 is 21.4 Å². The summed E-state index contributed by atoms with van der Waals surface area (Å²) in [6, 6.07) is 7.28. The lowest BCUT2D eigenvalue weighted by atomic mass is 10.2. The second-order valence-corrected chi connectivity index (χ2v) is 8.01. The van der Waals surface area contributed by atoms with Crippen molar-refractivity contribution in [2.45, 2.75) is 6.42 Å². The number of hydrogen-bond donors (Lipinski definition) is 0. The zero-order valence-corrected chi connectivity index (χ0v) is 13.5. The van der Waals surface area contributed by atoms with E-state index in [1.165, 1.54) is 0 Å². The van der Waals surface area contributed by atoms with Gasteiger partial charge >= 0.3 is 0 Å². The van der Waals surface area contributed by atoms with Gasteiger partial charge in [-0.15, -0.1) is 0 Å².